The molecule has 0 unspecified atom stereocenters. The number of hydrogen-bond acceptors (Lipinski definition) is 7. The molecule has 1 aliphatic carbocycles. The average molecular weight is 366 g/mol. The summed E-state index contributed by atoms with van der Waals surface area (Å²) in [7, 11) is 0. The fraction of sp³-hybridized carbons (Fsp3) is 0.158. The number of fused-ring (bicyclic) bond motifs is 1. The molecule has 8 heteroatoms. The zero-order valence-corrected chi connectivity index (χ0v) is 14.4. The van der Waals surface area contributed by atoms with E-state index in [1.165, 1.54) is 12.3 Å². The maximum atomic E-state index is 11.9. The third kappa shape index (κ3) is 3.12. The Morgan fingerprint density at radius 3 is 2.63 bits per heavy atom. The predicted octanol–water partition coefficient (Wildman–Crippen LogP) is 2.11. The molecular formula is C19H18N4O4. The van der Waals surface area contributed by atoms with Crippen molar-refractivity contribution in [3.05, 3.63) is 71.4 Å². The average Bonchev–Trinajstić information content (AvgIpc) is 3.06. The number of hydrogen-bond donors (Lipinski definition) is 3. The van der Waals surface area contributed by atoms with Gasteiger partial charge in [-0.05, 0) is 30.2 Å². The van der Waals surface area contributed by atoms with Crippen LogP contribution in [-0.4, -0.2) is 43.2 Å². The van der Waals surface area contributed by atoms with Gasteiger partial charge in [-0.15, -0.1) is 9.94 Å². The molecule has 0 spiro atoms. The van der Waals surface area contributed by atoms with Crippen LogP contribution < -0.4 is 4.90 Å². The number of carbonyl (C=O) groups is 1. The van der Waals surface area contributed by atoms with Crippen LogP contribution in [-0.2, 0) is 11.3 Å². The van der Waals surface area contributed by atoms with Gasteiger partial charge in [-0.25, -0.2) is 0 Å². The number of anilines is 1. The Bertz CT molecular complexity index is 969. The molecule has 138 valence electrons. The highest BCUT2D eigenvalue weighted by Gasteiger charge is 2.30. The van der Waals surface area contributed by atoms with E-state index in [0.717, 1.165) is 22.4 Å². The maximum Gasteiger partial charge on any atom is 0.166 e. The number of aromatic hydroxyl groups is 2. The standard InChI is InChI=1S/C19H18N4O4/c24-11-19-17-3-1-2-4-18(17)22(14-8-20-23(27)10-14)12-21(19)9-13-5-15(25)7-16(26)6-13/h1-2,4-8,10-11,25-27H,3,9,12H2. The molecule has 0 radical (unpaired) electrons. The van der Waals surface area contributed by atoms with Gasteiger partial charge in [0.05, 0.1) is 30.4 Å². The lowest BCUT2D eigenvalue weighted by Gasteiger charge is -2.41. The van der Waals surface area contributed by atoms with Crippen molar-refractivity contribution < 1.29 is 20.2 Å². The molecule has 3 N–H and O–H groups in total. The van der Waals surface area contributed by atoms with Crippen molar-refractivity contribution in [1.29, 1.82) is 0 Å². The summed E-state index contributed by atoms with van der Waals surface area (Å²) in [6.07, 6.45) is 10.3. The number of carbonyl (C=O) groups excluding carboxylic acids is 1. The van der Waals surface area contributed by atoms with Crippen LogP contribution in [0.3, 0.4) is 0 Å². The highest BCUT2D eigenvalue weighted by Crippen LogP contribution is 2.36. The maximum absolute atomic E-state index is 11.9. The Labute approximate surface area is 155 Å². The van der Waals surface area contributed by atoms with Crippen molar-refractivity contribution >= 4 is 12.0 Å². The minimum atomic E-state index is -0.0399. The fourth-order valence-electron chi connectivity index (χ4n) is 3.47. The van der Waals surface area contributed by atoms with Crippen LogP contribution in [0.1, 0.15) is 12.0 Å². The van der Waals surface area contributed by atoms with Gasteiger partial charge >= 0.3 is 0 Å². The van der Waals surface area contributed by atoms with Gasteiger partial charge in [-0.2, -0.15) is 0 Å². The van der Waals surface area contributed by atoms with Crippen molar-refractivity contribution in [2.75, 3.05) is 11.6 Å². The molecule has 0 fully saturated rings. The van der Waals surface area contributed by atoms with E-state index in [1.807, 2.05) is 28.0 Å². The van der Waals surface area contributed by atoms with Crippen LogP contribution in [0, 0.1) is 0 Å². The van der Waals surface area contributed by atoms with E-state index in [4.69, 9.17) is 0 Å². The highest BCUT2D eigenvalue weighted by atomic mass is 16.5. The Morgan fingerprint density at radius 2 is 1.96 bits per heavy atom. The van der Waals surface area contributed by atoms with Crippen LogP contribution in [0.4, 0.5) is 5.69 Å². The Morgan fingerprint density at radius 1 is 1.19 bits per heavy atom. The molecule has 8 nitrogen and oxygen atoms in total. The van der Waals surface area contributed by atoms with Gasteiger partial charge in [0.15, 0.2) is 6.29 Å². The minimum absolute atomic E-state index is 0.0399. The lowest BCUT2D eigenvalue weighted by atomic mass is 9.97. The summed E-state index contributed by atoms with van der Waals surface area (Å²) in [6, 6.07) is 4.36. The van der Waals surface area contributed by atoms with E-state index in [2.05, 4.69) is 5.10 Å². The summed E-state index contributed by atoms with van der Waals surface area (Å²) in [5.41, 5.74) is 3.66. The van der Waals surface area contributed by atoms with E-state index < -0.39 is 0 Å². The molecule has 0 saturated carbocycles. The first kappa shape index (κ1) is 16.8. The van der Waals surface area contributed by atoms with Crippen LogP contribution in [0.5, 0.6) is 11.5 Å². The van der Waals surface area contributed by atoms with Crippen molar-refractivity contribution in [3.63, 3.8) is 0 Å². The first-order valence-corrected chi connectivity index (χ1v) is 8.39. The minimum Gasteiger partial charge on any atom is -0.508 e. The van der Waals surface area contributed by atoms with E-state index in [0.29, 0.717) is 36.6 Å². The van der Waals surface area contributed by atoms with Crippen molar-refractivity contribution in [2.24, 2.45) is 0 Å². The van der Waals surface area contributed by atoms with Crippen molar-refractivity contribution in [1.82, 2.24) is 14.8 Å². The molecule has 4 rings (SSSR count). The Hall–Kier alpha value is -3.68. The first-order chi connectivity index (χ1) is 13.0. The summed E-state index contributed by atoms with van der Waals surface area (Å²) < 4.78 is 0. The Kier molecular flexibility index (Phi) is 4.08. The normalized spacial score (nSPS) is 16.4. The summed E-state index contributed by atoms with van der Waals surface area (Å²) in [4.78, 5) is 16.4. The monoisotopic (exact) mass is 366 g/mol. The van der Waals surface area contributed by atoms with Gasteiger partial charge in [-0.1, -0.05) is 12.2 Å². The lowest BCUT2D eigenvalue weighted by Crippen LogP contribution is -2.43. The molecule has 0 bridgehead atoms. The van der Waals surface area contributed by atoms with Crippen molar-refractivity contribution in [2.45, 2.75) is 13.0 Å². The van der Waals surface area contributed by atoms with Gasteiger partial charge in [0, 0.05) is 23.9 Å². The van der Waals surface area contributed by atoms with Crippen molar-refractivity contribution in [3.8, 4) is 11.5 Å². The lowest BCUT2D eigenvalue weighted by molar-refractivity contribution is -0.106. The number of phenolic OH excluding ortho intramolecular Hbond substituents is 2. The molecule has 1 aromatic heterocycles. The van der Waals surface area contributed by atoms with Gasteiger partial charge < -0.3 is 25.2 Å². The number of nitrogens with zero attached hydrogens (tertiary/aromatic N) is 4. The number of aromatic nitrogens is 2. The van der Waals surface area contributed by atoms with Gasteiger partial charge in [-0.3, -0.25) is 4.79 Å². The molecule has 2 aliphatic rings. The van der Waals surface area contributed by atoms with Crippen LogP contribution in [0.15, 0.2) is 65.8 Å². The van der Waals surface area contributed by atoms with E-state index in [1.54, 1.807) is 18.3 Å². The van der Waals surface area contributed by atoms with Crippen LogP contribution in [0.25, 0.3) is 0 Å². The highest BCUT2D eigenvalue weighted by molar-refractivity contribution is 5.79. The van der Waals surface area contributed by atoms with E-state index in [9.17, 15) is 20.2 Å². The predicted molar refractivity (Wildman–Crippen MR) is 97.0 cm³/mol. The summed E-state index contributed by atoms with van der Waals surface area (Å²) in [6.45, 7) is 0.666. The quantitative estimate of drug-likeness (QED) is 0.563. The zero-order chi connectivity index (χ0) is 19.0. The topological polar surface area (TPSA) is 102 Å². The molecule has 1 aliphatic heterocycles. The Balaban J connectivity index is 1.75. The SMILES string of the molecule is O=CC1=C2CC=CC=C2N(c2cnn(O)c2)CN1Cc1cc(O)cc(O)c1. The molecule has 27 heavy (non-hydrogen) atoms. The molecule has 2 aromatic rings. The van der Waals surface area contributed by atoms with E-state index >= 15 is 0 Å². The number of phenols is 2. The van der Waals surface area contributed by atoms with Gasteiger partial charge in [0.2, 0.25) is 0 Å². The molecule has 2 heterocycles. The first-order valence-electron chi connectivity index (χ1n) is 8.39. The fourth-order valence-corrected chi connectivity index (χ4v) is 3.47. The molecule has 0 saturated heterocycles. The van der Waals surface area contributed by atoms with Gasteiger partial charge in [0.25, 0.3) is 0 Å². The van der Waals surface area contributed by atoms with E-state index in [-0.39, 0.29) is 11.5 Å². The van der Waals surface area contributed by atoms with Gasteiger partial charge in [0.1, 0.15) is 11.5 Å². The van der Waals surface area contributed by atoms with Crippen LogP contribution in [0.2, 0.25) is 0 Å². The molecule has 1 aromatic carbocycles. The number of aldehydes is 1. The number of allylic oxidation sites excluding steroid dienone is 5. The summed E-state index contributed by atoms with van der Waals surface area (Å²) in [5, 5.41) is 32.8. The molecular weight excluding hydrogens is 348 g/mol. The molecule has 0 atom stereocenters. The number of benzene rings is 1. The second kappa shape index (κ2) is 6.56. The molecule has 0 amide bonds. The summed E-state index contributed by atoms with van der Waals surface area (Å²) in [5.74, 6) is -0.0798. The second-order valence-corrected chi connectivity index (χ2v) is 6.41. The third-order valence-electron chi connectivity index (χ3n) is 4.59. The largest absolute Gasteiger partial charge is 0.508 e. The van der Waals surface area contributed by atoms with Crippen LogP contribution >= 0.6 is 0 Å². The second-order valence-electron chi connectivity index (χ2n) is 6.41. The smallest absolute Gasteiger partial charge is 0.166 e. The third-order valence-corrected chi connectivity index (χ3v) is 4.59. The summed E-state index contributed by atoms with van der Waals surface area (Å²) >= 11 is 0. The zero-order valence-electron chi connectivity index (χ0n) is 14.4. The number of rotatable bonds is 4.